The van der Waals surface area contributed by atoms with E-state index in [4.69, 9.17) is 4.74 Å². The van der Waals surface area contributed by atoms with Gasteiger partial charge in [-0.15, -0.1) is 11.3 Å². The molecular weight excluding hydrogens is 395 g/mol. The molecule has 3 aromatic rings. The summed E-state index contributed by atoms with van der Waals surface area (Å²) in [6.07, 6.45) is 4.16. The molecule has 29 heavy (non-hydrogen) atoms. The van der Waals surface area contributed by atoms with Crippen LogP contribution in [0, 0.1) is 5.82 Å². The lowest BCUT2D eigenvalue weighted by molar-refractivity contribution is -0.117. The van der Waals surface area contributed by atoms with Crippen molar-refractivity contribution in [3.63, 3.8) is 0 Å². The van der Waals surface area contributed by atoms with Crippen molar-refractivity contribution in [2.24, 2.45) is 0 Å². The van der Waals surface area contributed by atoms with E-state index in [9.17, 15) is 14.0 Å². The van der Waals surface area contributed by atoms with Crippen molar-refractivity contribution in [3.8, 4) is 17.0 Å². The van der Waals surface area contributed by atoms with Crippen LogP contribution in [-0.4, -0.2) is 27.8 Å². The monoisotopic (exact) mass is 414 g/mol. The van der Waals surface area contributed by atoms with Crippen LogP contribution in [0.25, 0.3) is 11.3 Å². The number of hydrogen-bond acceptors (Lipinski definition) is 6. The first kappa shape index (κ1) is 19.3. The van der Waals surface area contributed by atoms with Gasteiger partial charge < -0.3 is 10.1 Å². The number of anilines is 1. The number of carbonyl (C=O) groups is 1. The Morgan fingerprint density at radius 2 is 2.10 bits per heavy atom. The molecule has 1 amide bonds. The highest BCUT2D eigenvalue weighted by Crippen LogP contribution is 2.29. The average molecular weight is 414 g/mol. The molecular formula is C20H19FN4O3S. The van der Waals surface area contributed by atoms with Crippen LogP contribution in [0.2, 0.25) is 0 Å². The lowest BCUT2D eigenvalue weighted by Gasteiger charge is -2.08. The number of aryl methyl sites for hydroxylation is 2. The number of thiazole rings is 1. The summed E-state index contributed by atoms with van der Waals surface area (Å²) in [5.74, 6) is -0.553. The Hall–Kier alpha value is -3.07. The van der Waals surface area contributed by atoms with Gasteiger partial charge in [0.1, 0.15) is 18.1 Å². The van der Waals surface area contributed by atoms with Gasteiger partial charge in [-0.3, -0.25) is 9.59 Å². The predicted molar refractivity (Wildman–Crippen MR) is 108 cm³/mol. The maximum atomic E-state index is 14.3. The molecule has 2 heterocycles. The Balaban J connectivity index is 1.52. The highest BCUT2D eigenvalue weighted by molar-refractivity contribution is 7.15. The van der Waals surface area contributed by atoms with Crippen LogP contribution in [-0.2, 0) is 24.2 Å². The van der Waals surface area contributed by atoms with Crippen molar-refractivity contribution >= 4 is 22.4 Å². The molecule has 7 nitrogen and oxygen atoms in total. The molecule has 0 radical (unpaired) electrons. The van der Waals surface area contributed by atoms with Gasteiger partial charge in [-0.25, -0.2) is 14.1 Å². The molecule has 0 atom stereocenters. The second-order valence-electron chi connectivity index (χ2n) is 6.70. The quantitative estimate of drug-likeness (QED) is 0.694. The third-order valence-electron chi connectivity index (χ3n) is 4.70. The molecule has 0 bridgehead atoms. The first-order valence-electron chi connectivity index (χ1n) is 9.24. The van der Waals surface area contributed by atoms with Gasteiger partial charge in [0.25, 0.3) is 5.56 Å². The number of hydrogen-bond donors (Lipinski definition) is 1. The van der Waals surface area contributed by atoms with Crippen LogP contribution in [0.1, 0.15) is 23.4 Å². The maximum Gasteiger partial charge on any atom is 0.267 e. The number of benzene rings is 1. The summed E-state index contributed by atoms with van der Waals surface area (Å²) in [6.45, 7) is -0.283. The van der Waals surface area contributed by atoms with E-state index in [0.717, 1.165) is 36.1 Å². The van der Waals surface area contributed by atoms with Crippen molar-refractivity contribution in [2.75, 3.05) is 12.4 Å². The number of fused-ring (bicyclic) bond motifs is 1. The zero-order chi connectivity index (χ0) is 20.4. The molecule has 150 valence electrons. The number of nitrogens with zero attached hydrogens (tertiary/aromatic N) is 3. The number of nitrogens with one attached hydrogen (secondary N) is 1. The highest BCUT2D eigenvalue weighted by atomic mass is 32.1. The summed E-state index contributed by atoms with van der Waals surface area (Å²) in [6, 6.07) is 7.05. The van der Waals surface area contributed by atoms with Crippen molar-refractivity contribution in [2.45, 2.75) is 32.2 Å². The molecule has 1 aliphatic rings. The van der Waals surface area contributed by atoms with E-state index in [1.54, 1.807) is 6.07 Å². The Kier molecular flexibility index (Phi) is 5.39. The number of rotatable bonds is 5. The van der Waals surface area contributed by atoms with Crippen LogP contribution in [0.4, 0.5) is 9.52 Å². The Morgan fingerprint density at radius 3 is 2.86 bits per heavy atom. The molecule has 9 heteroatoms. The number of amides is 1. The fourth-order valence-electron chi connectivity index (χ4n) is 3.24. The van der Waals surface area contributed by atoms with Crippen LogP contribution in [0.15, 0.2) is 35.1 Å². The maximum absolute atomic E-state index is 14.3. The van der Waals surface area contributed by atoms with E-state index in [1.807, 2.05) is 0 Å². The fourth-order valence-corrected chi connectivity index (χ4v) is 4.30. The zero-order valence-electron chi connectivity index (χ0n) is 15.8. The van der Waals surface area contributed by atoms with E-state index >= 15 is 0 Å². The van der Waals surface area contributed by atoms with Gasteiger partial charge in [0.2, 0.25) is 5.91 Å². The van der Waals surface area contributed by atoms with Gasteiger partial charge in [-0.1, -0.05) is 0 Å². The first-order valence-corrected chi connectivity index (χ1v) is 10.1. The number of halogens is 1. The van der Waals surface area contributed by atoms with Crippen LogP contribution in [0.5, 0.6) is 5.75 Å². The number of ether oxygens (including phenoxy) is 1. The van der Waals surface area contributed by atoms with Crippen molar-refractivity contribution in [1.29, 1.82) is 0 Å². The lowest BCUT2D eigenvalue weighted by atomic mass is 10.0. The molecule has 4 rings (SSSR count). The molecule has 2 aromatic heterocycles. The molecule has 1 aliphatic carbocycles. The summed E-state index contributed by atoms with van der Waals surface area (Å²) in [4.78, 5) is 30.2. The summed E-state index contributed by atoms with van der Waals surface area (Å²) >= 11 is 1.47. The predicted octanol–water partition coefficient (Wildman–Crippen LogP) is 3.03. The van der Waals surface area contributed by atoms with Gasteiger partial charge in [-0.2, -0.15) is 5.10 Å². The fraction of sp³-hybridized carbons (Fsp3) is 0.300. The van der Waals surface area contributed by atoms with E-state index in [1.165, 1.54) is 47.6 Å². The van der Waals surface area contributed by atoms with Crippen LogP contribution in [0.3, 0.4) is 0 Å². The third-order valence-corrected chi connectivity index (χ3v) is 5.78. The molecule has 0 fully saturated rings. The number of carbonyl (C=O) groups excluding carboxylic acids is 1. The number of methoxy groups -OCH3 is 1. The standard InChI is InChI=1S/C20H19FN4O3S/c1-28-12-6-7-13(14(21)10-12)15-8-9-19(27)25(24-15)11-18(26)23-20-22-16-4-2-3-5-17(16)29-20/h6-10H,2-5,11H2,1H3,(H,22,23,26). The van der Waals surface area contributed by atoms with Gasteiger partial charge in [0, 0.05) is 22.6 Å². The molecule has 0 aliphatic heterocycles. The molecule has 0 saturated heterocycles. The minimum atomic E-state index is -0.528. The largest absolute Gasteiger partial charge is 0.497 e. The van der Waals surface area contributed by atoms with Crippen molar-refractivity contribution < 1.29 is 13.9 Å². The van der Waals surface area contributed by atoms with Gasteiger partial charge in [0.15, 0.2) is 5.13 Å². The average Bonchev–Trinajstić information content (AvgIpc) is 3.11. The SMILES string of the molecule is COc1ccc(-c2ccc(=O)n(CC(=O)Nc3nc4c(s3)CCCC4)n2)c(F)c1. The lowest BCUT2D eigenvalue weighted by Crippen LogP contribution is -2.29. The van der Waals surface area contributed by atoms with E-state index < -0.39 is 17.3 Å². The zero-order valence-corrected chi connectivity index (χ0v) is 16.6. The van der Waals surface area contributed by atoms with Gasteiger partial charge in [0.05, 0.1) is 18.5 Å². The normalized spacial score (nSPS) is 13.0. The van der Waals surface area contributed by atoms with E-state index in [2.05, 4.69) is 15.4 Å². The topological polar surface area (TPSA) is 86.1 Å². The third kappa shape index (κ3) is 4.19. The summed E-state index contributed by atoms with van der Waals surface area (Å²) in [5.41, 5.74) is 1.06. The van der Waals surface area contributed by atoms with Crippen molar-refractivity contribution in [1.82, 2.24) is 14.8 Å². The Morgan fingerprint density at radius 1 is 1.28 bits per heavy atom. The Bertz CT molecular complexity index is 1100. The summed E-state index contributed by atoms with van der Waals surface area (Å²) < 4.78 is 20.3. The minimum Gasteiger partial charge on any atom is -0.497 e. The molecule has 0 spiro atoms. The van der Waals surface area contributed by atoms with E-state index in [-0.39, 0.29) is 17.8 Å². The van der Waals surface area contributed by atoms with Gasteiger partial charge >= 0.3 is 0 Å². The second-order valence-corrected chi connectivity index (χ2v) is 7.79. The second kappa shape index (κ2) is 8.12. The molecule has 0 unspecified atom stereocenters. The van der Waals surface area contributed by atoms with E-state index in [0.29, 0.717) is 10.9 Å². The van der Waals surface area contributed by atoms with Crippen LogP contribution >= 0.6 is 11.3 Å². The molecule has 1 N–H and O–H groups in total. The first-order chi connectivity index (χ1) is 14.0. The smallest absolute Gasteiger partial charge is 0.267 e. The highest BCUT2D eigenvalue weighted by Gasteiger charge is 2.17. The van der Waals surface area contributed by atoms with Crippen molar-refractivity contribution in [3.05, 3.63) is 57.1 Å². The minimum absolute atomic E-state index is 0.215. The van der Waals surface area contributed by atoms with Crippen LogP contribution < -0.4 is 15.6 Å². The molecule has 1 aromatic carbocycles. The van der Waals surface area contributed by atoms with Gasteiger partial charge in [-0.05, 0) is 43.9 Å². The number of aromatic nitrogens is 3. The summed E-state index contributed by atoms with van der Waals surface area (Å²) in [5, 5.41) is 7.42. The molecule has 0 saturated carbocycles. The summed E-state index contributed by atoms with van der Waals surface area (Å²) in [7, 11) is 1.45. The Labute approximate surface area is 170 Å².